The van der Waals surface area contributed by atoms with E-state index in [2.05, 4.69) is 10.5 Å². The number of phenols is 1. The Morgan fingerprint density at radius 2 is 1.95 bits per heavy atom. The number of hydrogen-bond donors (Lipinski definition) is 2. The maximum absolute atomic E-state index is 12.7. The van der Waals surface area contributed by atoms with Gasteiger partial charge in [0.15, 0.2) is 0 Å². The standard InChI is InChI=1S/C14H10FIN2O2/c15-11-4-2-10(3-5-11)14(20)18-17-8-9-1-6-13(19)12(16)7-9/h1-8,19H,(H,18,20)/b17-8-. The lowest BCUT2D eigenvalue weighted by molar-refractivity contribution is 0.0955. The highest BCUT2D eigenvalue weighted by Crippen LogP contribution is 2.19. The zero-order valence-corrected chi connectivity index (χ0v) is 12.3. The molecule has 0 aliphatic rings. The molecule has 0 saturated heterocycles. The molecule has 1 amide bonds. The monoisotopic (exact) mass is 384 g/mol. The van der Waals surface area contributed by atoms with Crippen LogP contribution in [0.1, 0.15) is 15.9 Å². The van der Waals surface area contributed by atoms with E-state index in [1.807, 2.05) is 22.6 Å². The number of phenolic OH excluding ortho intramolecular Hbond substituents is 1. The molecule has 0 aliphatic carbocycles. The lowest BCUT2D eigenvalue weighted by Crippen LogP contribution is -2.17. The van der Waals surface area contributed by atoms with Crippen molar-refractivity contribution in [3.63, 3.8) is 0 Å². The van der Waals surface area contributed by atoms with Crippen molar-refractivity contribution in [3.8, 4) is 5.75 Å². The second kappa shape index (κ2) is 6.47. The Morgan fingerprint density at radius 3 is 2.60 bits per heavy atom. The smallest absolute Gasteiger partial charge is 0.271 e. The molecule has 2 N–H and O–H groups in total. The molecule has 6 heteroatoms. The van der Waals surface area contributed by atoms with E-state index in [0.717, 1.165) is 5.56 Å². The van der Waals surface area contributed by atoms with E-state index in [1.165, 1.54) is 30.5 Å². The molecule has 0 aromatic heterocycles. The third-order valence-electron chi connectivity index (χ3n) is 2.46. The average Bonchev–Trinajstić information content (AvgIpc) is 2.43. The fourth-order valence-electron chi connectivity index (χ4n) is 1.43. The first-order valence-corrected chi connectivity index (χ1v) is 6.71. The van der Waals surface area contributed by atoms with Crippen LogP contribution < -0.4 is 5.43 Å². The van der Waals surface area contributed by atoms with Crippen molar-refractivity contribution >= 4 is 34.7 Å². The largest absolute Gasteiger partial charge is 0.507 e. The van der Waals surface area contributed by atoms with Crippen molar-refractivity contribution in [1.82, 2.24) is 5.43 Å². The minimum Gasteiger partial charge on any atom is -0.507 e. The molecule has 0 saturated carbocycles. The van der Waals surface area contributed by atoms with Crippen molar-refractivity contribution in [2.45, 2.75) is 0 Å². The number of nitrogens with one attached hydrogen (secondary N) is 1. The van der Waals surface area contributed by atoms with Gasteiger partial charge < -0.3 is 5.11 Å². The Bertz CT molecular complexity index is 657. The van der Waals surface area contributed by atoms with Crippen molar-refractivity contribution in [2.75, 3.05) is 0 Å². The van der Waals surface area contributed by atoms with Gasteiger partial charge in [-0.05, 0) is 70.6 Å². The topological polar surface area (TPSA) is 61.7 Å². The number of carbonyl (C=O) groups is 1. The summed E-state index contributed by atoms with van der Waals surface area (Å²) in [4.78, 5) is 11.7. The molecule has 20 heavy (non-hydrogen) atoms. The fourth-order valence-corrected chi connectivity index (χ4v) is 1.97. The number of rotatable bonds is 3. The van der Waals surface area contributed by atoms with Crippen LogP contribution in [0.3, 0.4) is 0 Å². The van der Waals surface area contributed by atoms with Crippen LogP contribution in [-0.4, -0.2) is 17.2 Å². The van der Waals surface area contributed by atoms with Crippen molar-refractivity contribution in [2.24, 2.45) is 5.10 Å². The van der Waals surface area contributed by atoms with Gasteiger partial charge in [0.2, 0.25) is 0 Å². The molecule has 0 unspecified atom stereocenters. The molecule has 0 atom stereocenters. The highest BCUT2D eigenvalue weighted by atomic mass is 127. The first-order valence-electron chi connectivity index (χ1n) is 5.64. The van der Waals surface area contributed by atoms with Crippen LogP contribution >= 0.6 is 22.6 Å². The quantitative estimate of drug-likeness (QED) is 0.486. The van der Waals surface area contributed by atoms with Crippen molar-refractivity contribution in [3.05, 3.63) is 63.0 Å². The van der Waals surface area contributed by atoms with Crippen molar-refractivity contribution < 1.29 is 14.3 Å². The van der Waals surface area contributed by atoms with Crippen LogP contribution in [0, 0.1) is 9.39 Å². The zero-order valence-electron chi connectivity index (χ0n) is 10.2. The van der Waals surface area contributed by atoms with E-state index in [9.17, 15) is 14.3 Å². The molecule has 0 fully saturated rings. The van der Waals surface area contributed by atoms with Gasteiger partial charge in [-0.2, -0.15) is 5.10 Å². The molecule has 0 radical (unpaired) electrons. The second-order valence-corrected chi connectivity index (χ2v) is 5.08. The summed E-state index contributed by atoms with van der Waals surface area (Å²) in [6.07, 6.45) is 1.46. The van der Waals surface area contributed by atoms with Crippen LogP contribution in [0.2, 0.25) is 0 Å². The molecule has 4 nitrogen and oxygen atoms in total. The van der Waals surface area contributed by atoms with Crippen LogP contribution in [0.5, 0.6) is 5.75 Å². The lowest BCUT2D eigenvalue weighted by atomic mass is 10.2. The van der Waals surface area contributed by atoms with Gasteiger partial charge in [-0.25, -0.2) is 9.82 Å². The van der Waals surface area contributed by atoms with Gasteiger partial charge in [-0.3, -0.25) is 4.79 Å². The second-order valence-electron chi connectivity index (χ2n) is 3.92. The summed E-state index contributed by atoms with van der Waals surface area (Å²) in [7, 11) is 0. The Balaban J connectivity index is 2.00. The minimum atomic E-state index is -0.422. The lowest BCUT2D eigenvalue weighted by Gasteiger charge is -2.00. The van der Waals surface area contributed by atoms with E-state index in [-0.39, 0.29) is 5.75 Å². The summed E-state index contributed by atoms with van der Waals surface area (Å²) in [5, 5.41) is 13.2. The Labute approximate surface area is 128 Å². The normalized spacial score (nSPS) is 10.7. The van der Waals surface area contributed by atoms with Crippen LogP contribution in [0.25, 0.3) is 0 Å². The summed E-state index contributed by atoms with van der Waals surface area (Å²) in [5.41, 5.74) is 3.41. The minimum absolute atomic E-state index is 0.193. The highest BCUT2D eigenvalue weighted by molar-refractivity contribution is 14.1. The Kier molecular flexibility index (Phi) is 4.67. The molecule has 0 bridgehead atoms. The number of halogens is 2. The van der Waals surface area contributed by atoms with Gasteiger partial charge in [0.25, 0.3) is 5.91 Å². The number of benzene rings is 2. The number of carbonyl (C=O) groups excluding carboxylic acids is 1. The predicted octanol–water partition coefficient (Wildman–Crippen LogP) is 2.90. The number of nitrogens with zero attached hydrogens (tertiary/aromatic N) is 1. The molecule has 102 valence electrons. The fraction of sp³-hybridized carbons (Fsp3) is 0. The molecular weight excluding hydrogens is 374 g/mol. The molecular formula is C14H10FIN2O2. The van der Waals surface area contributed by atoms with E-state index in [1.54, 1.807) is 18.2 Å². The highest BCUT2D eigenvalue weighted by Gasteiger charge is 2.03. The SMILES string of the molecule is O=C(N/N=C\c1ccc(O)c(I)c1)c1ccc(F)cc1. The van der Waals surface area contributed by atoms with Gasteiger partial charge in [0, 0.05) is 5.56 Å². The first-order chi connectivity index (χ1) is 9.56. The number of hydrazone groups is 1. The maximum Gasteiger partial charge on any atom is 0.271 e. The Hall–Kier alpha value is -1.96. The van der Waals surface area contributed by atoms with Gasteiger partial charge in [0.1, 0.15) is 11.6 Å². The van der Waals surface area contributed by atoms with Gasteiger partial charge in [0.05, 0.1) is 9.78 Å². The summed E-state index contributed by atoms with van der Waals surface area (Å²) in [6, 6.07) is 10.1. The van der Waals surface area contributed by atoms with Gasteiger partial charge in [-0.15, -0.1) is 0 Å². The number of hydrogen-bond acceptors (Lipinski definition) is 3. The molecule has 0 heterocycles. The number of amides is 1. The number of aromatic hydroxyl groups is 1. The molecule has 2 rings (SSSR count). The third-order valence-corrected chi connectivity index (χ3v) is 3.32. The van der Waals surface area contributed by atoms with Crippen LogP contribution in [-0.2, 0) is 0 Å². The van der Waals surface area contributed by atoms with Crippen LogP contribution in [0.4, 0.5) is 4.39 Å². The molecule has 0 aliphatic heterocycles. The predicted molar refractivity (Wildman–Crippen MR) is 82.3 cm³/mol. The first kappa shape index (κ1) is 14.4. The maximum atomic E-state index is 12.7. The zero-order chi connectivity index (χ0) is 14.5. The molecule has 2 aromatic rings. The van der Waals surface area contributed by atoms with Crippen molar-refractivity contribution in [1.29, 1.82) is 0 Å². The Morgan fingerprint density at radius 1 is 1.25 bits per heavy atom. The third kappa shape index (κ3) is 3.77. The summed E-state index contributed by atoms with van der Waals surface area (Å²) in [6.45, 7) is 0. The van der Waals surface area contributed by atoms with E-state index in [4.69, 9.17) is 0 Å². The summed E-state index contributed by atoms with van der Waals surface area (Å²) < 4.78 is 13.4. The molecule has 0 spiro atoms. The average molecular weight is 384 g/mol. The van der Waals surface area contributed by atoms with Crippen LogP contribution in [0.15, 0.2) is 47.6 Å². The summed E-state index contributed by atoms with van der Waals surface area (Å²) >= 11 is 1.99. The van der Waals surface area contributed by atoms with Gasteiger partial charge >= 0.3 is 0 Å². The van der Waals surface area contributed by atoms with E-state index in [0.29, 0.717) is 9.13 Å². The van der Waals surface area contributed by atoms with E-state index < -0.39 is 11.7 Å². The van der Waals surface area contributed by atoms with Gasteiger partial charge in [-0.1, -0.05) is 0 Å². The van der Waals surface area contributed by atoms with E-state index >= 15 is 0 Å². The molecule has 2 aromatic carbocycles. The summed E-state index contributed by atoms with van der Waals surface area (Å²) in [5.74, 6) is -0.628.